The fourth-order valence-electron chi connectivity index (χ4n) is 2.59. The second kappa shape index (κ2) is 7.99. The molecule has 2 aromatic rings. The SMILES string of the molecule is CC(C)SCCCNC(=O)N1c2ccccc2Sc2ccccc21. The van der Waals surface area contributed by atoms with Crippen molar-refractivity contribution in [3.05, 3.63) is 48.5 Å². The fourth-order valence-corrected chi connectivity index (χ4v) is 4.43. The maximum absolute atomic E-state index is 12.8. The van der Waals surface area contributed by atoms with E-state index in [-0.39, 0.29) is 6.03 Å². The normalized spacial score (nSPS) is 12.7. The molecule has 0 saturated carbocycles. The summed E-state index contributed by atoms with van der Waals surface area (Å²) in [6.07, 6.45) is 0.987. The van der Waals surface area contributed by atoms with E-state index in [1.807, 2.05) is 48.2 Å². The molecule has 0 unspecified atom stereocenters. The summed E-state index contributed by atoms with van der Waals surface area (Å²) in [4.78, 5) is 16.8. The fraction of sp³-hybridized carbons (Fsp3) is 0.316. The van der Waals surface area contributed by atoms with Gasteiger partial charge in [-0.2, -0.15) is 11.8 Å². The lowest BCUT2D eigenvalue weighted by Crippen LogP contribution is -2.38. The highest BCUT2D eigenvalue weighted by Gasteiger charge is 2.27. The first-order chi connectivity index (χ1) is 11.7. The summed E-state index contributed by atoms with van der Waals surface area (Å²) >= 11 is 3.64. The van der Waals surface area contributed by atoms with E-state index in [4.69, 9.17) is 0 Å². The van der Waals surface area contributed by atoms with Gasteiger partial charge in [0, 0.05) is 16.3 Å². The molecule has 0 saturated heterocycles. The third-order valence-corrected chi connectivity index (χ3v) is 6.01. The molecule has 1 heterocycles. The number of hydrogen-bond donors (Lipinski definition) is 1. The van der Waals surface area contributed by atoms with Crippen molar-refractivity contribution in [1.29, 1.82) is 0 Å². The number of benzene rings is 2. The molecule has 3 rings (SSSR count). The highest BCUT2D eigenvalue weighted by atomic mass is 32.2. The maximum Gasteiger partial charge on any atom is 0.326 e. The number of carbonyl (C=O) groups is 1. The van der Waals surface area contributed by atoms with Crippen LogP contribution < -0.4 is 10.2 Å². The van der Waals surface area contributed by atoms with Gasteiger partial charge in [0.2, 0.25) is 0 Å². The van der Waals surface area contributed by atoms with Crippen LogP contribution in [0.3, 0.4) is 0 Å². The van der Waals surface area contributed by atoms with Gasteiger partial charge < -0.3 is 5.32 Å². The molecule has 0 aromatic heterocycles. The first-order valence-corrected chi connectivity index (χ1v) is 10.1. The minimum Gasteiger partial charge on any atom is -0.337 e. The van der Waals surface area contributed by atoms with E-state index in [0.29, 0.717) is 11.8 Å². The van der Waals surface area contributed by atoms with E-state index < -0.39 is 0 Å². The number of amides is 2. The average molecular weight is 359 g/mol. The number of fused-ring (bicyclic) bond motifs is 2. The number of urea groups is 1. The summed E-state index contributed by atoms with van der Waals surface area (Å²) in [5.74, 6) is 1.07. The monoisotopic (exact) mass is 358 g/mol. The number of thioether (sulfide) groups is 1. The van der Waals surface area contributed by atoms with Gasteiger partial charge in [-0.1, -0.05) is 49.9 Å². The molecule has 0 spiro atoms. The van der Waals surface area contributed by atoms with Crippen LogP contribution in [0.1, 0.15) is 20.3 Å². The van der Waals surface area contributed by atoms with Crippen molar-refractivity contribution in [2.24, 2.45) is 0 Å². The Labute approximate surface area is 152 Å². The predicted octanol–water partition coefficient (Wildman–Crippen LogP) is 5.53. The molecule has 1 N–H and O–H groups in total. The topological polar surface area (TPSA) is 32.3 Å². The molecule has 2 amide bonds. The lowest BCUT2D eigenvalue weighted by molar-refractivity contribution is 0.248. The highest BCUT2D eigenvalue weighted by molar-refractivity contribution is 8.00. The van der Waals surface area contributed by atoms with E-state index in [0.717, 1.165) is 33.3 Å². The number of para-hydroxylation sites is 2. The van der Waals surface area contributed by atoms with Crippen LogP contribution >= 0.6 is 23.5 Å². The van der Waals surface area contributed by atoms with Crippen molar-refractivity contribution >= 4 is 40.9 Å². The zero-order chi connectivity index (χ0) is 16.9. The number of carbonyl (C=O) groups excluding carboxylic acids is 1. The minimum atomic E-state index is -0.0512. The molecule has 0 aliphatic carbocycles. The van der Waals surface area contributed by atoms with Crippen LogP contribution in [0.25, 0.3) is 0 Å². The molecule has 0 atom stereocenters. The maximum atomic E-state index is 12.8. The van der Waals surface area contributed by atoms with Gasteiger partial charge in [0.05, 0.1) is 11.4 Å². The first-order valence-electron chi connectivity index (χ1n) is 8.22. The van der Waals surface area contributed by atoms with E-state index in [1.165, 1.54) is 0 Å². The molecule has 5 heteroatoms. The number of anilines is 2. The summed E-state index contributed by atoms with van der Waals surface area (Å²) in [5.41, 5.74) is 1.91. The Morgan fingerprint density at radius 3 is 2.25 bits per heavy atom. The van der Waals surface area contributed by atoms with Gasteiger partial charge >= 0.3 is 6.03 Å². The Morgan fingerprint density at radius 1 is 1.08 bits per heavy atom. The van der Waals surface area contributed by atoms with Gasteiger partial charge in [-0.05, 0) is 41.7 Å². The van der Waals surface area contributed by atoms with Gasteiger partial charge in [0.15, 0.2) is 0 Å². The molecule has 0 fully saturated rings. The Kier molecular flexibility index (Phi) is 5.74. The molecule has 0 radical (unpaired) electrons. The van der Waals surface area contributed by atoms with Crippen LogP contribution in [0.2, 0.25) is 0 Å². The van der Waals surface area contributed by atoms with E-state index in [1.54, 1.807) is 16.7 Å². The largest absolute Gasteiger partial charge is 0.337 e. The summed E-state index contributed by atoms with van der Waals surface area (Å²) in [6, 6.07) is 16.1. The number of nitrogens with zero attached hydrogens (tertiary/aromatic N) is 1. The quantitative estimate of drug-likeness (QED) is 0.713. The Morgan fingerprint density at radius 2 is 1.67 bits per heavy atom. The number of nitrogens with one attached hydrogen (secondary N) is 1. The lowest BCUT2D eigenvalue weighted by Gasteiger charge is -2.31. The van der Waals surface area contributed by atoms with Crippen LogP contribution in [-0.4, -0.2) is 23.6 Å². The average Bonchev–Trinajstić information content (AvgIpc) is 2.58. The van der Waals surface area contributed by atoms with Gasteiger partial charge in [-0.15, -0.1) is 0 Å². The van der Waals surface area contributed by atoms with Gasteiger partial charge in [0.25, 0.3) is 0 Å². The van der Waals surface area contributed by atoms with Crippen LogP contribution in [0.15, 0.2) is 58.3 Å². The summed E-state index contributed by atoms with van der Waals surface area (Å²) in [6.45, 7) is 5.09. The third kappa shape index (κ3) is 3.90. The molecule has 0 bridgehead atoms. The van der Waals surface area contributed by atoms with Crippen LogP contribution in [-0.2, 0) is 0 Å². The summed E-state index contributed by atoms with van der Waals surface area (Å²) in [5, 5.41) is 3.71. The number of hydrogen-bond acceptors (Lipinski definition) is 3. The first kappa shape index (κ1) is 17.2. The van der Waals surface area contributed by atoms with Crippen molar-refractivity contribution in [1.82, 2.24) is 5.32 Å². The van der Waals surface area contributed by atoms with Crippen molar-refractivity contribution in [2.75, 3.05) is 17.2 Å². The van der Waals surface area contributed by atoms with Crippen molar-refractivity contribution in [2.45, 2.75) is 35.3 Å². The Balaban J connectivity index is 1.73. The van der Waals surface area contributed by atoms with Crippen LogP contribution in [0, 0.1) is 0 Å². The van der Waals surface area contributed by atoms with Crippen molar-refractivity contribution in [3.63, 3.8) is 0 Å². The molecule has 24 heavy (non-hydrogen) atoms. The van der Waals surface area contributed by atoms with Crippen LogP contribution in [0.4, 0.5) is 16.2 Å². The molecular formula is C19H22N2OS2. The Bertz CT molecular complexity index is 673. The molecular weight excluding hydrogens is 336 g/mol. The standard InChI is InChI=1S/C19H22N2OS2/c1-14(2)23-13-7-12-20-19(22)21-15-8-3-5-10-17(15)24-18-11-6-4-9-16(18)21/h3-6,8-11,14H,7,12-13H2,1-2H3,(H,20,22). The molecule has 126 valence electrons. The molecule has 3 nitrogen and oxygen atoms in total. The Hall–Kier alpha value is -1.59. The summed E-state index contributed by atoms with van der Waals surface area (Å²) in [7, 11) is 0. The smallest absolute Gasteiger partial charge is 0.326 e. The highest BCUT2D eigenvalue weighted by Crippen LogP contribution is 2.47. The zero-order valence-electron chi connectivity index (χ0n) is 14.0. The second-order valence-corrected chi connectivity index (χ2v) is 8.65. The minimum absolute atomic E-state index is 0.0512. The van der Waals surface area contributed by atoms with E-state index in [2.05, 4.69) is 31.3 Å². The lowest BCUT2D eigenvalue weighted by atomic mass is 10.2. The van der Waals surface area contributed by atoms with Crippen molar-refractivity contribution in [3.8, 4) is 0 Å². The molecule has 1 aliphatic rings. The molecule has 2 aromatic carbocycles. The number of rotatable bonds is 5. The van der Waals surface area contributed by atoms with Crippen LogP contribution in [0.5, 0.6) is 0 Å². The van der Waals surface area contributed by atoms with Gasteiger partial charge in [-0.3, -0.25) is 4.90 Å². The third-order valence-electron chi connectivity index (χ3n) is 3.68. The predicted molar refractivity (Wildman–Crippen MR) is 105 cm³/mol. The van der Waals surface area contributed by atoms with E-state index in [9.17, 15) is 4.79 Å². The van der Waals surface area contributed by atoms with Gasteiger partial charge in [0.1, 0.15) is 0 Å². The van der Waals surface area contributed by atoms with Gasteiger partial charge in [-0.25, -0.2) is 4.79 Å². The summed E-state index contributed by atoms with van der Waals surface area (Å²) < 4.78 is 0. The second-order valence-electron chi connectivity index (χ2n) is 5.88. The van der Waals surface area contributed by atoms with E-state index >= 15 is 0 Å². The molecule has 1 aliphatic heterocycles. The van der Waals surface area contributed by atoms with Crippen molar-refractivity contribution < 1.29 is 4.79 Å². The zero-order valence-corrected chi connectivity index (χ0v) is 15.6.